The molecule has 5 heteroatoms. The van der Waals surface area contributed by atoms with Crippen molar-refractivity contribution in [1.29, 1.82) is 0 Å². The number of amides is 1. The van der Waals surface area contributed by atoms with Gasteiger partial charge in [0.2, 0.25) is 0 Å². The summed E-state index contributed by atoms with van der Waals surface area (Å²) in [7, 11) is 2.10. The summed E-state index contributed by atoms with van der Waals surface area (Å²) in [4.78, 5) is 24.4. The van der Waals surface area contributed by atoms with E-state index in [1.807, 2.05) is 11.1 Å². The molecule has 1 saturated carbocycles. The number of piperazine rings is 1. The Morgan fingerprint density at radius 3 is 2.83 bits per heavy atom. The molecule has 2 fully saturated rings. The highest BCUT2D eigenvalue weighted by atomic mass is 16.2. The van der Waals surface area contributed by atoms with Crippen LogP contribution in [-0.4, -0.2) is 55.1 Å². The summed E-state index contributed by atoms with van der Waals surface area (Å²) < 4.78 is 0. The first-order valence-corrected chi connectivity index (χ1v) is 8.86. The van der Waals surface area contributed by atoms with Crippen LogP contribution in [0.3, 0.4) is 0 Å². The van der Waals surface area contributed by atoms with Crippen LogP contribution in [-0.2, 0) is 4.79 Å². The SMILES string of the molecule is Cc1cnc2c(c1)N(CC1CCCC1)C(=O)C1CN(C)CCN21. The van der Waals surface area contributed by atoms with Gasteiger partial charge < -0.3 is 14.7 Å². The van der Waals surface area contributed by atoms with Crippen LogP contribution < -0.4 is 9.80 Å². The first-order chi connectivity index (χ1) is 11.1. The van der Waals surface area contributed by atoms with Gasteiger partial charge >= 0.3 is 0 Å². The van der Waals surface area contributed by atoms with Crippen molar-refractivity contribution in [3.05, 3.63) is 17.8 Å². The summed E-state index contributed by atoms with van der Waals surface area (Å²) in [5.41, 5.74) is 2.16. The Morgan fingerprint density at radius 2 is 2.04 bits per heavy atom. The molecule has 5 nitrogen and oxygen atoms in total. The van der Waals surface area contributed by atoms with Crippen molar-refractivity contribution < 1.29 is 4.79 Å². The average molecular weight is 314 g/mol. The number of hydrogen-bond acceptors (Lipinski definition) is 4. The van der Waals surface area contributed by atoms with Gasteiger partial charge in [-0.2, -0.15) is 0 Å². The Balaban J connectivity index is 1.71. The molecule has 1 atom stereocenters. The van der Waals surface area contributed by atoms with Crippen molar-refractivity contribution in [2.24, 2.45) is 5.92 Å². The van der Waals surface area contributed by atoms with Crippen molar-refractivity contribution >= 4 is 17.4 Å². The lowest BCUT2D eigenvalue weighted by Gasteiger charge is -2.47. The molecule has 1 aromatic rings. The number of carbonyl (C=O) groups excluding carboxylic acids is 1. The van der Waals surface area contributed by atoms with Gasteiger partial charge in [-0.15, -0.1) is 0 Å². The molecule has 0 N–H and O–H groups in total. The summed E-state index contributed by atoms with van der Waals surface area (Å²) in [6.07, 6.45) is 7.06. The van der Waals surface area contributed by atoms with Crippen molar-refractivity contribution in [2.75, 3.05) is 43.0 Å². The summed E-state index contributed by atoms with van der Waals surface area (Å²) in [6.45, 7) is 5.59. The third-order valence-electron chi connectivity index (χ3n) is 5.60. The number of hydrogen-bond donors (Lipinski definition) is 0. The van der Waals surface area contributed by atoms with E-state index in [0.29, 0.717) is 5.92 Å². The third kappa shape index (κ3) is 2.61. The predicted molar refractivity (Wildman–Crippen MR) is 91.9 cm³/mol. The van der Waals surface area contributed by atoms with E-state index in [0.717, 1.165) is 43.2 Å². The zero-order valence-electron chi connectivity index (χ0n) is 14.2. The minimum atomic E-state index is -0.0714. The maximum absolute atomic E-state index is 13.2. The fraction of sp³-hybridized carbons (Fsp3) is 0.667. The Hall–Kier alpha value is -1.62. The van der Waals surface area contributed by atoms with E-state index in [4.69, 9.17) is 4.98 Å². The second-order valence-corrected chi connectivity index (χ2v) is 7.43. The third-order valence-corrected chi connectivity index (χ3v) is 5.60. The molecule has 3 aliphatic rings. The number of pyridine rings is 1. The Labute approximate surface area is 138 Å². The number of carbonyl (C=O) groups is 1. The number of aryl methyl sites for hydroxylation is 1. The molecule has 0 spiro atoms. The van der Waals surface area contributed by atoms with Crippen LogP contribution in [0.4, 0.5) is 11.5 Å². The monoisotopic (exact) mass is 314 g/mol. The van der Waals surface area contributed by atoms with Gasteiger partial charge in [-0.25, -0.2) is 4.98 Å². The maximum atomic E-state index is 13.2. The van der Waals surface area contributed by atoms with Gasteiger partial charge in [0, 0.05) is 32.4 Å². The molecule has 4 rings (SSSR count). The van der Waals surface area contributed by atoms with Crippen LogP contribution in [0.1, 0.15) is 31.2 Å². The van der Waals surface area contributed by atoms with E-state index in [1.54, 1.807) is 0 Å². The highest BCUT2D eigenvalue weighted by molar-refractivity contribution is 6.05. The van der Waals surface area contributed by atoms with Gasteiger partial charge in [0.05, 0.1) is 5.69 Å². The molecule has 1 unspecified atom stereocenters. The molecule has 0 aromatic carbocycles. The molecule has 1 aromatic heterocycles. The summed E-state index contributed by atoms with van der Waals surface area (Å²) in [5, 5.41) is 0. The Bertz CT molecular complexity index is 611. The lowest BCUT2D eigenvalue weighted by atomic mass is 10.0. The molecule has 3 heterocycles. The van der Waals surface area contributed by atoms with E-state index in [-0.39, 0.29) is 11.9 Å². The van der Waals surface area contributed by atoms with Crippen LogP contribution in [0.5, 0.6) is 0 Å². The van der Waals surface area contributed by atoms with Gasteiger partial charge in [-0.3, -0.25) is 4.79 Å². The minimum Gasteiger partial charge on any atom is -0.340 e. The van der Waals surface area contributed by atoms with Crippen LogP contribution >= 0.6 is 0 Å². The van der Waals surface area contributed by atoms with Crippen LogP contribution in [0, 0.1) is 12.8 Å². The van der Waals surface area contributed by atoms with E-state index >= 15 is 0 Å². The van der Waals surface area contributed by atoms with Gasteiger partial charge in [0.15, 0.2) is 5.82 Å². The standard InChI is InChI=1S/C18H26N4O/c1-13-9-15-17(19-10-13)21-8-7-20(2)12-16(21)18(23)22(15)11-14-5-3-4-6-14/h9-10,14,16H,3-8,11-12H2,1-2H3. The molecule has 124 valence electrons. The highest BCUT2D eigenvalue weighted by Gasteiger charge is 2.42. The van der Waals surface area contributed by atoms with Crippen LogP contribution in [0.2, 0.25) is 0 Å². The Morgan fingerprint density at radius 1 is 1.26 bits per heavy atom. The van der Waals surface area contributed by atoms with Crippen molar-refractivity contribution in [1.82, 2.24) is 9.88 Å². The zero-order valence-corrected chi connectivity index (χ0v) is 14.2. The molecule has 1 saturated heterocycles. The molecule has 1 amide bonds. The lowest BCUT2D eigenvalue weighted by molar-refractivity contribution is -0.121. The first kappa shape index (κ1) is 14.9. The molecular weight excluding hydrogens is 288 g/mol. The first-order valence-electron chi connectivity index (χ1n) is 8.86. The average Bonchev–Trinajstić information content (AvgIpc) is 3.04. The number of likely N-dealkylation sites (N-methyl/N-ethyl adjacent to an activating group) is 1. The number of anilines is 2. The minimum absolute atomic E-state index is 0.0714. The molecular formula is C18H26N4O. The molecule has 0 radical (unpaired) electrons. The molecule has 0 bridgehead atoms. The van der Waals surface area contributed by atoms with Crippen LogP contribution in [0.15, 0.2) is 12.3 Å². The summed E-state index contributed by atoms with van der Waals surface area (Å²) in [6, 6.07) is 2.07. The summed E-state index contributed by atoms with van der Waals surface area (Å²) in [5.74, 6) is 1.93. The summed E-state index contributed by atoms with van der Waals surface area (Å²) >= 11 is 0. The fourth-order valence-electron chi connectivity index (χ4n) is 4.29. The van der Waals surface area contributed by atoms with E-state index in [9.17, 15) is 4.79 Å². The second kappa shape index (κ2) is 5.78. The number of fused-ring (bicyclic) bond motifs is 3. The van der Waals surface area contributed by atoms with E-state index in [1.165, 1.54) is 25.7 Å². The van der Waals surface area contributed by atoms with E-state index < -0.39 is 0 Å². The van der Waals surface area contributed by atoms with Gasteiger partial charge in [-0.05, 0) is 44.4 Å². The van der Waals surface area contributed by atoms with E-state index in [2.05, 4.69) is 29.8 Å². The fourth-order valence-corrected chi connectivity index (χ4v) is 4.29. The predicted octanol–water partition coefficient (Wildman–Crippen LogP) is 2.05. The largest absolute Gasteiger partial charge is 0.340 e. The topological polar surface area (TPSA) is 39.7 Å². The van der Waals surface area contributed by atoms with Crippen LogP contribution in [0.25, 0.3) is 0 Å². The lowest BCUT2D eigenvalue weighted by Crippen LogP contribution is -2.62. The number of aromatic nitrogens is 1. The zero-order chi connectivity index (χ0) is 16.0. The molecule has 1 aliphatic carbocycles. The van der Waals surface area contributed by atoms with Gasteiger partial charge in [-0.1, -0.05) is 12.8 Å². The number of nitrogens with zero attached hydrogens (tertiary/aromatic N) is 4. The van der Waals surface area contributed by atoms with Crippen molar-refractivity contribution in [2.45, 2.75) is 38.6 Å². The smallest absolute Gasteiger partial charge is 0.251 e. The van der Waals surface area contributed by atoms with Crippen molar-refractivity contribution in [3.63, 3.8) is 0 Å². The number of rotatable bonds is 2. The molecule has 23 heavy (non-hydrogen) atoms. The molecule has 2 aliphatic heterocycles. The maximum Gasteiger partial charge on any atom is 0.251 e. The quantitative estimate of drug-likeness (QED) is 0.837. The van der Waals surface area contributed by atoms with Gasteiger partial charge in [0.1, 0.15) is 6.04 Å². The second-order valence-electron chi connectivity index (χ2n) is 7.43. The van der Waals surface area contributed by atoms with Crippen molar-refractivity contribution in [3.8, 4) is 0 Å². The highest BCUT2D eigenvalue weighted by Crippen LogP contribution is 2.38. The Kier molecular flexibility index (Phi) is 3.76. The van der Waals surface area contributed by atoms with Gasteiger partial charge in [0.25, 0.3) is 5.91 Å². The normalized spacial score (nSPS) is 25.7.